The highest BCUT2D eigenvalue weighted by molar-refractivity contribution is 7.92. The topological polar surface area (TPSA) is 72.2 Å². The molecular formula is C14H15FN2O2S. The van der Waals surface area contributed by atoms with Crippen LogP contribution in [0, 0.1) is 5.82 Å². The third-order valence-electron chi connectivity index (χ3n) is 2.79. The van der Waals surface area contributed by atoms with Crippen LogP contribution in [-0.4, -0.2) is 8.42 Å². The van der Waals surface area contributed by atoms with E-state index in [0.29, 0.717) is 5.69 Å². The lowest BCUT2D eigenvalue weighted by molar-refractivity contribution is 0.570. The highest BCUT2D eigenvalue weighted by Crippen LogP contribution is 2.21. The Morgan fingerprint density at radius 3 is 2.50 bits per heavy atom. The fourth-order valence-electron chi connectivity index (χ4n) is 1.76. The predicted octanol–water partition coefficient (Wildman–Crippen LogP) is 2.65. The Bertz CT molecular complexity index is 715. The molecule has 1 unspecified atom stereocenters. The first-order valence-corrected chi connectivity index (χ1v) is 7.51. The predicted molar refractivity (Wildman–Crippen MR) is 76.3 cm³/mol. The standard InChI is InChI=1S/C14H15FN2O2S/c1-10(16)11-5-4-6-12(9-11)17-20(18,19)14-8-3-2-7-13(14)15/h2-10,17H,16H2,1H3. The van der Waals surface area contributed by atoms with Crippen LogP contribution < -0.4 is 10.5 Å². The van der Waals surface area contributed by atoms with Gasteiger partial charge in [-0.3, -0.25) is 4.72 Å². The fourth-order valence-corrected chi connectivity index (χ4v) is 2.89. The van der Waals surface area contributed by atoms with Crippen LogP contribution in [0.1, 0.15) is 18.5 Å². The number of benzene rings is 2. The number of rotatable bonds is 4. The summed E-state index contributed by atoms with van der Waals surface area (Å²) in [5, 5.41) is 0. The van der Waals surface area contributed by atoms with Gasteiger partial charge in [-0.1, -0.05) is 24.3 Å². The molecule has 0 radical (unpaired) electrons. The summed E-state index contributed by atoms with van der Waals surface area (Å²) in [6.45, 7) is 1.80. The molecule has 20 heavy (non-hydrogen) atoms. The van der Waals surface area contributed by atoms with E-state index in [9.17, 15) is 12.8 Å². The van der Waals surface area contributed by atoms with Gasteiger partial charge in [-0.15, -0.1) is 0 Å². The Balaban J connectivity index is 2.34. The minimum absolute atomic E-state index is 0.215. The number of sulfonamides is 1. The van der Waals surface area contributed by atoms with Crippen molar-refractivity contribution in [2.45, 2.75) is 17.9 Å². The molecule has 2 aromatic carbocycles. The fraction of sp³-hybridized carbons (Fsp3) is 0.143. The van der Waals surface area contributed by atoms with Crippen molar-refractivity contribution in [1.29, 1.82) is 0 Å². The van der Waals surface area contributed by atoms with Crippen LogP contribution in [0.2, 0.25) is 0 Å². The Kier molecular flexibility index (Phi) is 4.06. The molecule has 0 aliphatic carbocycles. The summed E-state index contributed by atoms with van der Waals surface area (Å²) < 4.78 is 40.1. The van der Waals surface area contributed by atoms with E-state index < -0.39 is 15.8 Å². The van der Waals surface area contributed by atoms with E-state index in [4.69, 9.17) is 5.73 Å². The van der Waals surface area contributed by atoms with Crippen LogP contribution >= 0.6 is 0 Å². The number of nitrogens with two attached hydrogens (primary N) is 1. The summed E-state index contributed by atoms with van der Waals surface area (Å²) in [7, 11) is -3.95. The first kappa shape index (κ1) is 14.5. The average Bonchev–Trinajstić information content (AvgIpc) is 2.38. The van der Waals surface area contributed by atoms with Gasteiger partial charge in [-0.05, 0) is 36.8 Å². The molecule has 0 heterocycles. The Morgan fingerprint density at radius 1 is 1.15 bits per heavy atom. The number of halogens is 1. The quantitative estimate of drug-likeness (QED) is 0.910. The molecule has 4 nitrogen and oxygen atoms in total. The van der Waals surface area contributed by atoms with E-state index in [1.54, 1.807) is 31.2 Å². The van der Waals surface area contributed by atoms with Crippen molar-refractivity contribution in [2.24, 2.45) is 5.73 Å². The summed E-state index contributed by atoms with van der Waals surface area (Å²) in [6.07, 6.45) is 0. The van der Waals surface area contributed by atoms with Gasteiger partial charge in [0, 0.05) is 11.7 Å². The lowest BCUT2D eigenvalue weighted by Crippen LogP contribution is -2.15. The van der Waals surface area contributed by atoms with Crippen LogP contribution in [0.25, 0.3) is 0 Å². The van der Waals surface area contributed by atoms with Crippen LogP contribution in [0.5, 0.6) is 0 Å². The molecule has 0 aromatic heterocycles. The van der Waals surface area contributed by atoms with Gasteiger partial charge in [0.2, 0.25) is 0 Å². The Morgan fingerprint density at radius 2 is 1.85 bits per heavy atom. The second kappa shape index (κ2) is 5.60. The first-order chi connectivity index (χ1) is 9.40. The maximum Gasteiger partial charge on any atom is 0.264 e. The zero-order valence-electron chi connectivity index (χ0n) is 10.9. The monoisotopic (exact) mass is 294 g/mol. The molecule has 0 aliphatic rings. The van der Waals surface area contributed by atoms with Crippen LogP contribution in [0.15, 0.2) is 53.4 Å². The van der Waals surface area contributed by atoms with Crippen molar-refractivity contribution >= 4 is 15.7 Å². The molecule has 0 saturated carbocycles. The minimum Gasteiger partial charge on any atom is -0.324 e. The highest BCUT2D eigenvalue weighted by atomic mass is 32.2. The van der Waals surface area contributed by atoms with Crippen LogP contribution in [0.4, 0.5) is 10.1 Å². The second-order valence-electron chi connectivity index (χ2n) is 4.45. The summed E-state index contributed by atoms with van der Waals surface area (Å²) in [5.41, 5.74) is 6.88. The molecule has 2 rings (SSSR count). The van der Waals surface area contributed by atoms with Crippen molar-refractivity contribution in [2.75, 3.05) is 4.72 Å². The number of anilines is 1. The van der Waals surface area contributed by atoms with Crippen LogP contribution in [0.3, 0.4) is 0 Å². The second-order valence-corrected chi connectivity index (χ2v) is 6.10. The van der Waals surface area contributed by atoms with Gasteiger partial charge in [-0.2, -0.15) is 0 Å². The number of hydrogen-bond acceptors (Lipinski definition) is 3. The summed E-state index contributed by atoms with van der Waals surface area (Å²) in [6, 6.07) is 11.7. The number of nitrogens with one attached hydrogen (secondary N) is 1. The molecule has 3 N–H and O–H groups in total. The third kappa shape index (κ3) is 3.15. The van der Waals surface area contributed by atoms with E-state index in [2.05, 4.69) is 4.72 Å². The molecule has 1 atom stereocenters. The van der Waals surface area contributed by atoms with Gasteiger partial charge < -0.3 is 5.73 Å². The lowest BCUT2D eigenvalue weighted by Gasteiger charge is -2.11. The average molecular weight is 294 g/mol. The number of hydrogen-bond donors (Lipinski definition) is 2. The van der Waals surface area contributed by atoms with E-state index in [1.807, 2.05) is 0 Å². The van der Waals surface area contributed by atoms with Gasteiger partial charge in [0.1, 0.15) is 10.7 Å². The van der Waals surface area contributed by atoms with Gasteiger partial charge >= 0.3 is 0 Å². The summed E-state index contributed by atoms with van der Waals surface area (Å²) in [4.78, 5) is -0.383. The minimum atomic E-state index is -3.95. The van der Waals surface area contributed by atoms with Gasteiger partial charge in [-0.25, -0.2) is 12.8 Å². The molecule has 2 aromatic rings. The molecule has 106 valence electrons. The molecule has 0 fully saturated rings. The van der Waals surface area contributed by atoms with E-state index in [-0.39, 0.29) is 10.9 Å². The normalized spacial score (nSPS) is 12.9. The van der Waals surface area contributed by atoms with Gasteiger partial charge in [0.15, 0.2) is 0 Å². The Hall–Kier alpha value is -1.92. The first-order valence-electron chi connectivity index (χ1n) is 6.03. The maximum atomic E-state index is 13.6. The van der Waals surface area contributed by atoms with Crippen molar-refractivity contribution in [3.63, 3.8) is 0 Å². The van der Waals surface area contributed by atoms with Gasteiger partial charge in [0.05, 0.1) is 0 Å². The largest absolute Gasteiger partial charge is 0.324 e. The molecule has 0 aliphatic heterocycles. The smallest absolute Gasteiger partial charge is 0.264 e. The molecular weight excluding hydrogens is 279 g/mol. The van der Waals surface area contributed by atoms with Crippen molar-refractivity contribution < 1.29 is 12.8 Å². The van der Waals surface area contributed by atoms with Crippen LogP contribution in [-0.2, 0) is 10.0 Å². The molecule has 0 amide bonds. The third-order valence-corrected chi connectivity index (χ3v) is 4.21. The van der Waals surface area contributed by atoms with E-state index in [1.165, 1.54) is 18.2 Å². The molecule has 6 heteroatoms. The summed E-state index contributed by atoms with van der Waals surface area (Å²) >= 11 is 0. The molecule has 0 saturated heterocycles. The van der Waals surface area contributed by atoms with Crippen molar-refractivity contribution in [1.82, 2.24) is 0 Å². The lowest BCUT2D eigenvalue weighted by atomic mass is 10.1. The maximum absolute atomic E-state index is 13.6. The molecule has 0 bridgehead atoms. The zero-order chi connectivity index (χ0) is 14.8. The van der Waals surface area contributed by atoms with E-state index >= 15 is 0 Å². The Labute approximate surface area is 117 Å². The molecule has 0 spiro atoms. The van der Waals surface area contributed by atoms with Crippen molar-refractivity contribution in [3.05, 3.63) is 59.9 Å². The highest BCUT2D eigenvalue weighted by Gasteiger charge is 2.18. The van der Waals surface area contributed by atoms with Crippen molar-refractivity contribution in [3.8, 4) is 0 Å². The SMILES string of the molecule is CC(N)c1cccc(NS(=O)(=O)c2ccccc2F)c1. The van der Waals surface area contributed by atoms with E-state index in [0.717, 1.165) is 11.6 Å². The van der Waals surface area contributed by atoms with Gasteiger partial charge in [0.25, 0.3) is 10.0 Å². The zero-order valence-corrected chi connectivity index (χ0v) is 11.7. The summed E-state index contributed by atoms with van der Waals surface area (Å²) in [5.74, 6) is -0.789.